The zero-order valence-electron chi connectivity index (χ0n) is 10.2. The minimum atomic E-state index is -0.449. The molecule has 0 saturated carbocycles. The Morgan fingerprint density at radius 3 is 2.65 bits per heavy atom. The summed E-state index contributed by atoms with van der Waals surface area (Å²) in [4.78, 5) is 14.1. The second-order valence-corrected chi connectivity index (χ2v) is 4.34. The quantitative estimate of drug-likeness (QED) is 0.530. The first kappa shape index (κ1) is 13.8. The van der Waals surface area contributed by atoms with Crippen molar-refractivity contribution in [2.24, 2.45) is 0 Å². The van der Waals surface area contributed by atoms with Crippen molar-refractivity contribution in [2.75, 3.05) is 5.32 Å². The third-order valence-electron chi connectivity index (χ3n) is 2.54. The minimum Gasteiger partial charge on any atom is -0.366 e. The van der Waals surface area contributed by atoms with Crippen molar-refractivity contribution in [1.82, 2.24) is 4.98 Å². The second-order valence-electron chi connectivity index (χ2n) is 3.95. The SMILES string of the molecule is N#Cc1cc(Cl)nc(NCc2ccc([N+](=O)[O-])cc2)c1. The topological polar surface area (TPSA) is 91.8 Å². The van der Waals surface area contributed by atoms with Crippen LogP contribution in [0.4, 0.5) is 11.5 Å². The second kappa shape index (κ2) is 5.99. The molecule has 0 unspecified atom stereocenters. The van der Waals surface area contributed by atoms with Gasteiger partial charge >= 0.3 is 0 Å². The van der Waals surface area contributed by atoms with Crippen LogP contribution in [0, 0.1) is 21.4 Å². The summed E-state index contributed by atoms with van der Waals surface area (Å²) in [6.07, 6.45) is 0. The Kier molecular flexibility index (Phi) is 4.13. The predicted octanol–water partition coefficient (Wildman–Crippen LogP) is 3.13. The summed E-state index contributed by atoms with van der Waals surface area (Å²) in [7, 11) is 0. The van der Waals surface area contributed by atoms with Gasteiger partial charge in [-0.25, -0.2) is 4.98 Å². The lowest BCUT2D eigenvalue weighted by Crippen LogP contribution is -2.02. The van der Waals surface area contributed by atoms with Gasteiger partial charge in [0, 0.05) is 18.7 Å². The fourth-order valence-corrected chi connectivity index (χ4v) is 1.79. The molecule has 0 bridgehead atoms. The van der Waals surface area contributed by atoms with E-state index in [1.165, 1.54) is 18.2 Å². The van der Waals surface area contributed by atoms with Crippen LogP contribution >= 0.6 is 11.6 Å². The molecule has 2 aromatic rings. The summed E-state index contributed by atoms with van der Waals surface area (Å²) >= 11 is 5.79. The molecule has 1 aromatic carbocycles. The van der Waals surface area contributed by atoms with Crippen molar-refractivity contribution in [3.05, 3.63) is 62.8 Å². The molecule has 1 aromatic heterocycles. The number of hydrogen-bond donors (Lipinski definition) is 1. The zero-order chi connectivity index (χ0) is 14.5. The lowest BCUT2D eigenvalue weighted by molar-refractivity contribution is -0.384. The maximum Gasteiger partial charge on any atom is 0.269 e. The van der Waals surface area contributed by atoms with Crippen molar-refractivity contribution in [3.8, 4) is 6.07 Å². The molecule has 2 rings (SSSR count). The molecular weight excluding hydrogens is 280 g/mol. The first-order valence-electron chi connectivity index (χ1n) is 5.63. The molecule has 0 spiro atoms. The number of anilines is 1. The number of aromatic nitrogens is 1. The molecule has 1 heterocycles. The Balaban J connectivity index is 2.07. The number of benzene rings is 1. The summed E-state index contributed by atoms with van der Waals surface area (Å²) < 4.78 is 0. The van der Waals surface area contributed by atoms with Crippen molar-refractivity contribution >= 4 is 23.1 Å². The van der Waals surface area contributed by atoms with E-state index in [1.807, 2.05) is 6.07 Å². The Bertz CT molecular complexity index is 680. The number of nitrogens with zero attached hydrogens (tertiary/aromatic N) is 3. The summed E-state index contributed by atoms with van der Waals surface area (Å²) in [5.74, 6) is 0.479. The van der Waals surface area contributed by atoms with E-state index in [0.717, 1.165) is 5.56 Å². The van der Waals surface area contributed by atoms with Crippen LogP contribution in [-0.4, -0.2) is 9.91 Å². The Hall–Kier alpha value is -2.65. The molecule has 0 aliphatic carbocycles. The molecule has 100 valence electrons. The van der Waals surface area contributed by atoms with Crippen LogP contribution in [0.1, 0.15) is 11.1 Å². The largest absolute Gasteiger partial charge is 0.366 e. The van der Waals surface area contributed by atoms with Crippen molar-refractivity contribution in [2.45, 2.75) is 6.54 Å². The highest BCUT2D eigenvalue weighted by molar-refractivity contribution is 6.29. The van der Waals surface area contributed by atoms with E-state index >= 15 is 0 Å². The predicted molar refractivity (Wildman–Crippen MR) is 74.4 cm³/mol. The van der Waals surface area contributed by atoms with E-state index in [0.29, 0.717) is 17.9 Å². The average molecular weight is 289 g/mol. The highest BCUT2D eigenvalue weighted by Gasteiger charge is 2.05. The van der Waals surface area contributed by atoms with E-state index in [-0.39, 0.29) is 10.8 Å². The van der Waals surface area contributed by atoms with Gasteiger partial charge in [0.2, 0.25) is 0 Å². The number of pyridine rings is 1. The van der Waals surface area contributed by atoms with Crippen LogP contribution in [0.15, 0.2) is 36.4 Å². The third-order valence-corrected chi connectivity index (χ3v) is 2.74. The van der Waals surface area contributed by atoms with E-state index in [4.69, 9.17) is 16.9 Å². The number of hydrogen-bond acceptors (Lipinski definition) is 5. The molecule has 0 aliphatic rings. The number of halogens is 1. The lowest BCUT2D eigenvalue weighted by Gasteiger charge is -2.06. The highest BCUT2D eigenvalue weighted by Crippen LogP contribution is 2.16. The van der Waals surface area contributed by atoms with Crippen molar-refractivity contribution in [3.63, 3.8) is 0 Å². The van der Waals surface area contributed by atoms with Crippen molar-refractivity contribution in [1.29, 1.82) is 5.26 Å². The number of non-ortho nitro benzene ring substituents is 1. The van der Waals surface area contributed by atoms with E-state index in [1.54, 1.807) is 18.2 Å². The molecule has 1 N–H and O–H groups in total. The minimum absolute atomic E-state index is 0.0430. The van der Waals surface area contributed by atoms with Gasteiger partial charge in [0.15, 0.2) is 0 Å². The van der Waals surface area contributed by atoms with Gasteiger partial charge in [-0.1, -0.05) is 23.7 Å². The Morgan fingerprint density at radius 2 is 2.05 bits per heavy atom. The highest BCUT2D eigenvalue weighted by atomic mass is 35.5. The standard InChI is InChI=1S/C13H9ClN4O2/c14-12-5-10(7-15)6-13(17-12)16-8-9-1-3-11(4-2-9)18(19)20/h1-6H,8H2,(H,16,17). The Morgan fingerprint density at radius 1 is 1.35 bits per heavy atom. The van der Waals surface area contributed by atoms with Crippen molar-refractivity contribution < 1.29 is 4.92 Å². The van der Waals surface area contributed by atoms with Crippen LogP contribution in [0.5, 0.6) is 0 Å². The average Bonchev–Trinajstić information content (AvgIpc) is 2.45. The fraction of sp³-hybridized carbons (Fsp3) is 0.0769. The van der Waals surface area contributed by atoms with E-state index in [2.05, 4.69) is 10.3 Å². The lowest BCUT2D eigenvalue weighted by atomic mass is 10.2. The summed E-state index contributed by atoms with van der Waals surface area (Å²) in [6, 6.07) is 11.2. The molecule has 0 fully saturated rings. The number of nitro benzene ring substituents is 1. The number of rotatable bonds is 4. The molecule has 0 atom stereocenters. The molecule has 6 nitrogen and oxygen atoms in total. The molecule has 0 radical (unpaired) electrons. The van der Waals surface area contributed by atoms with E-state index in [9.17, 15) is 10.1 Å². The fourth-order valence-electron chi connectivity index (χ4n) is 1.58. The van der Waals surface area contributed by atoms with Gasteiger partial charge in [-0.15, -0.1) is 0 Å². The maximum absolute atomic E-state index is 10.5. The molecular formula is C13H9ClN4O2. The Labute approximate surface area is 119 Å². The monoisotopic (exact) mass is 288 g/mol. The maximum atomic E-state index is 10.5. The van der Waals surface area contributed by atoms with Crippen LogP contribution in [0.3, 0.4) is 0 Å². The van der Waals surface area contributed by atoms with Gasteiger partial charge in [0.05, 0.1) is 16.6 Å². The van der Waals surface area contributed by atoms with Gasteiger partial charge < -0.3 is 5.32 Å². The summed E-state index contributed by atoms with van der Waals surface area (Å²) in [5, 5.41) is 22.6. The molecule has 0 amide bonds. The normalized spacial score (nSPS) is 9.80. The molecule has 20 heavy (non-hydrogen) atoms. The van der Waals surface area contributed by atoms with Crippen LogP contribution in [0.25, 0.3) is 0 Å². The number of nitro groups is 1. The molecule has 0 aliphatic heterocycles. The molecule has 0 saturated heterocycles. The zero-order valence-corrected chi connectivity index (χ0v) is 11.0. The van der Waals surface area contributed by atoms with E-state index < -0.39 is 4.92 Å². The van der Waals surface area contributed by atoms with Gasteiger partial charge in [-0.2, -0.15) is 5.26 Å². The van der Waals surface area contributed by atoms with Gasteiger partial charge in [0.25, 0.3) is 5.69 Å². The summed E-state index contributed by atoms with van der Waals surface area (Å²) in [6.45, 7) is 0.427. The van der Waals surface area contributed by atoms with Crippen LogP contribution in [-0.2, 0) is 6.54 Å². The first-order valence-corrected chi connectivity index (χ1v) is 6.01. The van der Waals surface area contributed by atoms with Gasteiger partial charge in [-0.3, -0.25) is 10.1 Å². The molecule has 7 heteroatoms. The first-order chi connectivity index (χ1) is 9.58. The third kappa shape index (κ3) is 3.43. The smallest absolute Gasteiger partial charge is 0.269 e. The number of nitrogens with one attached hydrogen (secondary N) is 1. The number of nitriles is 1. The van der Waals surface area contributed by atoms with Gasteiger partial charge in [0.1, 0.15) is 11.0 Å². The van der Waals surface area contributed by atoms with Crippen LogP contribution < -0.4 is 5.32 Å². The van der Waals surface area contributed by atoms with Crippen LogP contribution in [0.2, 0.25) is 5.15 Å². The summed E-state index contributed by atoms with van der Waals surface area (Å²) in [5.41, 5.74) is 1.31. The van der Waals surface area contributed by atoms with Gasteiger partial charge in [-0.05, 0) is 17.7 Å².